The molecule has 24 heavy (non-hydrogen) atoms. The van der Waals surface area contributed by atoms with Crippen LogP contribution in [0, 0.1) is 11.3 Å². The maximum absolute atomic E-state index is 12.3. The van der Waals surface area contributed by atoms with Crippen molar-refractivity contribution in [2.24, 2.45) is 0 Å². The van der Waals surface area contributed by atoms with Crippen molar-refractivity contribution in [2.45, 2.75) is 44.9 Å². The van der Waals surface area contributed by atoms with E-state index in [1.807, 2.05) is 6.07 Å². The van der Waals surface area contributed by atoms with Crippen molar-refractivity contribution in [2.75, 3.05) is 12.3 Å². The van der Waals surface area contributed by atoms with E-state index in [0.717, 1.165) is 29.8 Å². The minimum atomic E-state index is -0.00213. The van der Waals surface area contributed by atoms with Gasteiger partial charge >= 0.3 is 0 Å². The molecule has 0 spiro atoms. The third-order valence-corrected chi connectivity index (χ3v) is 5.58. The molecule has 0 saturated carbocycles. The van der Waals surface area contributed by atoms with Gasteiger partial charge in [0.1, 0.15) is 11.6 Å². The SMILES string of the molecule is N#Cc1c(N)n[nH]c1CCCNC(=O)c1cc2c(s1)CCCCC2. The first kappa shape index (κ1) is 16.5. The summed E-state index contributed by atoms with van der Waals surface area (Å²) in [7, 11) is 0. The molecule has 2 heterocycles. The van der Waals surface area contributed by atoms with Crippen molar-refractivity contribution in [1.29, 1.82) is 5.26 Å². The Bertz CT molecular complexity index is 747. The number of nitrogens with zero attached hydrogens (tertiary/aromatic N) is 2. The molecule has 1 amide bonds. The number of carbonyl (C=O) groups excluding carboxylic acids is 1. The second-order valence-corrected chi connectivity index (χ2v) is 7.19. The van der Waals surface area contributed by atoms with Crippen LogP contribution < -0.4 is 11.1 Å². The number of aromatic nitrogens is 2. The Morgan fingerprint density at radius 1 is 1.42 bits per heavy atom. The number of aryl methyl sites for hydroxylation is 3. The summed E-state index contributed by atoms with van der Waals surface area (Å²) < 4.78 is 0. The number of anilines is 1. The summed E-state index contributed by atoms with van der Waals surface area (Å²) in [5.41, 5.74) is 8.10. The molecule has 1 aliphatic carbocycles. The number of rotatable bonds is 5. The van der Waals surface area contributed by atoms with Gasteiger partial charge in [-0.25, -0.2) is 0 Å². The van der Waals surface area contributed by atoms with E-state index >= 15 is 0 Å². The molecule has 7 heteroatoms. The van der Waals surface area contributed by atoms with Crippen molar-refractivity contribution in [3.05, 3.63) is 32.6 Å². The van der Waals surface area contributed by atoms with E-state index in [1.54, 1.807) is 11.3 Å². The Hall–Kier alpha value is -2.33. The van der Waals surface area contributed by atoms with E-state index in [-0.39, 0.29) is 11.7 Å². The maximum Gasteiger partial charge on any atom is 0.261 e. The fraction of sp³-hybridized carbons (Fsp3) is 0.471. The molecular weight excluding hydrogens is 322 g/mol. The Balaban J connectivity index is 1.50. The summed E-state index contributed by atoms with van der Waals surface area (Å²) in [6.07, 6.45) is 7.29. The standard InChI is InChI=1S/C17H21N5OS/c18-10-12-13(21-22-16(12)19)6-4-8-20-17(23)15-9-11-5-2-1-3-7-14(11)24-15/h9H,1-8H2,(H,20,23)(H3,19,21,22). The molecule has 2 aromatic rings. The van der Waals surface area contributed by atoms with Gasteiger partial charge < -0.3 is 11.1 Å². The minimum absolute atomic E-state index is 0.00213. The smallest absolute Gasteiger partial charge is 0.261 e. The topological polar surface area (TPSA) is 108 Å². The average molecular weight is 343 g/mol. The summed E-state index contributed by atoms with van der Waals surface area (Å²) >= 11 is 1.63. The van der Waals surface area contributed by atoms with Gasteiger partial charge in [0, 0.05) is 11.4 Å². The fourth-order valence-corrected chi connectivity index (χ4v) is 4.20. The Morgan fingerprint density at radius 2 is 2.25 bits per heavy atom. The highest BCUT2D eigenvalue weighted by Gasteiger charge is 2.16. The van der Waals surface area contributed by atoms with E-state index < -0.39 is 0 Å². The van der Waals surface area contributed by atoms with Crippen LogP contribution in [0.2, 0.25) is 0 Å². The lowest BCUT2D eigenvalue weighted by atomic mass is 10.1. The predicted molar refractivity (Wildman–Crippen MR) is 93.9 cm³/mol. The number of nitriles is 1. The Morgan fingerprint density at radius 3 is 3.08 bits per heavy atom. The molecule has 6 nitrogen and oxygen atoms in total. The largest absolute Gasteiger partial charge is 0.381 e. The van der Waals surface area contributed by atoms with Crippen LogP contribution in [0.1, 0.15) is 57.1 Å². The molecule has 1 aliphatic rings. The number of amides is 1. The lowest BCUT2D eigenvalue weighted by molar-refractivity contribution is 0.0957. The zero-order valence-corrected chi connectivity index (χ0v) is 14.3. The molecule has 0 fully saturated rings. The number of nitrogens with two attached hydrogens (primary N) is 1. The van der Waals surface area contributed by atoms with Crippen LogP contribution in [-0.2, 0) is 19.3 Å². The number of H-pyrrole nitrogens is 1. The zero-order chi connectivity index (χ0) is 16.9. The van der Waals surface area contributed by atoms with Gasteiger partial charge in [-0.05, 0) is 50.2 Å². The summed E-state index contributed by atoms with van der Waals surface area (Å²) in [5, 5.41) is 18.6. The molecule has 0 saturated heterocycles. The van der Waals surface area contributed by atoms with Gasteiger partial charge in [0.15, 0.2) is 5.82 Å². The van der Waals surface area contributed by atoms with Crippen molar-refractivity contribution in [1.82, 2.24) is 15.5 Å². The molecule has 0 bridgehead atoms. The van der Waals surface area contributed by atoms with Crippen LogP contribution in [0.15, 0.2) is 6.07 Å². The maximum atomic E-state index is 12.3. The second kappa shape index (κ2) is 7.49. The summed E-state index contributed by atoms with van der Waals surface area (Å²) in [6.45, 7) is 0.561. The summed E-state index contributed by atoms with van der Waals surface area (Å²) in [5.74, 6) is 0.231. The summed E-state index contributed by atoms with van der Waals surface area (Å²) in [6, 6.07) is 4.11. The second-order valence-electron chi connectivity index (χ2n) is 6.05. The number of nitrogen functional groups attached to an aromatic ring is 1. The van der Waals surface area contributed by atoms with Crippen LogP contribution in [-0.4, -0.2) is 22.6 Å². The predicted octanol–water partition coefficient (Wildman–Crippen LogP) is 2.56. The molecule has 2 aromatic heterocycles. The number of hydrogen-bond acceptors (Lipinski definition) is 5. The van der Waals surface area contributed by atoms with Crippen LogP contribution in [0.5, 0.6) is 0 Å². The normalized spacial score (nSPS) is 13.8. The third-order valence-electron chi connectivity index (χ3n) is 4.34. The molecular formula is C17H21N5OS. The van der Waals surface area contributed by atoms with E-state index in [2.05, 4.69) is 21.6 Å². The first-order valence-corrected chi connectivity index (χ1v) is 9.13. The first-order valence-electron chi connectivity index (χ1n) is 8.31. The first-order chi connectivity index (χ1) is 11.7. The van der Waals surface area contributed by atoms with Crippen molar-refractivity contribution >= 4 is 23.1 Å². The molecule has 4 N–H and O–H groups in total. The van der Waals surface area contributed by atoms with E-state index in [9.17, 15) is 4.79 Å². The van der Waals surface area contributed by atoms with Crippen LogP contribution in [0.3, 0.4) is 0 Å². The highest BCUT2D eigenvalue weighted by molar-refractivity contribution is 7.14. The molecule has 0 atom stereocenters. The lowest BCUT2D eigenvalue weighted by Gasteiger charge is -2.03. The van der Waals surface area contributed by atoms with Gasteiger partial charge in [0.05, 0.1) is 10.6 Å². The van der Waals surface area contributed by atoms with Crippen molar-refractivity contribution in [3.63, 3.8) is 0 Å². The van der Waals surface area contributed by atoms with Gasteiger partial charge in [0.2, 0.25) is 0 Å². The average Bonchev–Trinajstić information content (AvgIpc) is 3.08. The monoisotopic (exact) mass is 343 g/mol. The molecule has 0 aliphatic heterocycles. The van der Waals surface area contributed by atoms with Crippen LogP contribution >= 0.6 is 11.3 Å². The van der Waals surface area contributed by atoms with Crippen LogP contribution in [0.4, 0.5) is 5.82 Å². The lowest BCUT2D eigenvalue weighted by Crippen LogP contribution is -2.24. The van der Waals surface area contributed by atoms with Gasteiger partial charge in [-0.1, -0.05) is 6.42 Å². The number of nitrogens with one attached hydrogen (secondary N) is 2. The number of carbonyl (C=O) groups is 1. The Labute approximate surface area is 145 Å². The summed E-state index contributed by atoms with van der Waals surface area (Å²) in [4.78, 5) is 14.5. The number of thiophene rings is 1. The number of aromatic amines is 1. The van der Waals surface area contributed by atoms with E-state index in [0.29, 0.717) is 18.5 Å². The highest BCUT2D eigenvalue weighted by Crippen LogP contribution is 2.28. The molecule has 0 unspecified atom stereocenters. The van der Waals surface area contributed by atoms with Gasteiger partial charge in [0.25, 0.3) is 5.91 Å². The molecule has 126 valence electrons. The van der Waals surface area contributed by atoms with Crippen LogP contribution in [0.25, 0.3) is 0 Å². The highest BCUT2D eigenvalue weighted by atomic mass is 32.1. The van der Waals surface area contributed by atoms with E-state index in [4.69, 9.17) is 11.0 Å². The minimum Gasteiger partial charge on any atom is -0.381 e. The zero-order valence-electron chi connectivity index (χ0n) is 13.5. The third kappa shape index (κ3) is 3.60. The van der Waals surface area contributed by atoms with E-state index in [1.165, 1.54) is 29.7 Å². The molecule has 0 radical (unpaired) electrons. The van der Waals surface area contributed by atoms with Gasteiger partial charge in [-0.3, -0.25) is 9.89 Å². The number of fused-ring (bicyclic) bond motifs is 1. The van der Waals surface area contributed by atoms with Gasteiger partial charge in [-0.2, -0.15) is 10.4 Å². The van der Waals surface area contributed by atoms with Crippen molar-refractivity contribution in [3.8, 4) is 6.07 Å². The quantitative estimate of drug-likeness (QED) is 0.573. The Kier molecular flexibility index (Phi) is 5.16. The number of hydrogen-bond donors (Lipinski definition) is 3. The molecule has 3 rings (SSSR count). The van der Waals surface area contributed by atoms with Gasteiger partial charge in [-0.15, -0.1) is 11.3 Å². The fourth-order valence-electron chi connectivity index (χ4n) is 3.03. The molecule has 0 aromatic carbocycles. The van der Waals surface area contributed by atoms with Crippen molar-refractivity contribution < 1.29 is 4.79 Å².